The second kappa shape index (κ2) is 5.55. The molecule has 0 saturated heterocycles. The minimum atomic E-state index is 0.477. The van der Waals surface area contributed by atoms with Gasteiger partial charge in [-0.15, -0.1) is 0 Å². The molecule has 0 amide bonds. The second-order valence-electron chi connectivity index (χ2n) is 5.55. The zero-order valence-electron chi connectivity index (χ0n) is 10.4. The smallest absolute Gasteiger partial charge is 0.189 e. The van der Waals surface area contributed by atoms with E-state index in [1.54, 1.807) is 0 Å². The molecule has 0 atom stereocenters. The van der Waals surface area contributed by atoms with Gasteiger partial charge in [0.05, 0.1) is 6.04 Å². The summed E-state index contributed by atoms with van der Waals surface area (Å²) >= 11 is 0. The fourth-order valence-corrected chi connectivity index (χ4v) is 2.88. The Balaban J connectivity index is 1.76. The number of nitrogens with zero attached hydrogens (tertiary/aromatic N) is 1. The molecular weight excluding hydrogens is 198 g/mol. The number of nitrogens with two attached hydrogens (primary N) is 1. The normalized spacial score (nSPS) is 32.9. The molecule has 2 fully saturated rings. The molecule has 2 aliphatic carbocycles. The van der Waals surface area contributed by atoms with Gasteiger partial charge in [0.15, 0.2) is 5.96 Å². The summed E-state index contributed by atoms with van der Waals surface area (Å²) in [6.07, 6.45) is 10.3. The monoisotopic (exact) mass is 223 g/mol. The van der Waals surface area contributed by atoms with Gasteiger partial charge in [0.2, 0.25) is 0 Å². The molecule has 3 heteroatoms. The molecule has 0 aromatic heterocycles. The van der Waals surface area contributed by atoms with Crippen LogP contribution in [0.5, 0.6) is 0 Å². The van der Waals surface area contributed by atoms with E-state index in [0.29, 0.717) is 18.0 Å². The standard InChI is InChI=1S/C13H25N3/c1-10-6-8-12(9-7-10)16-13(14)15-11-4-2-3-5-11/h10-12H,2-9H2,1H3,(H3,14,15,16). The quantitative estimate of drug-likeness (QED) is 0.558. The van der Waals surface area contributed by atoms with E-state index < -0.39 is 0 Å². The van der Waals surface area contributed by atoms with Crippen molar-refractivity contribution in [1.82, 2.24) is 5.32 Å². The van der Waals surface area contributed by atoms with Crippen LogP contribution in [-0.2, 0) is 0 Å². The first kappa shape index (κ1) is 11.7. The summed E-state index contributed by atoms with van der Waals surface area (Å²) in [5.41, 5.74) is 5.96. The number of hydrogen-bond donors (Lipinski definition) is 2. The number of nitrogens with one attached hydrogen (secondary N) is 1. The molecule has 0 spiro atoms. The van der Waals surface area contributed by atoms with Crippen LogP contribution >= 0.6 is 0 Å². The molecule has 0 aromatic rings. The molecule has 0 bridgehead atoms. The second-order valence-corrected chi connectivity index (χ2v) is 5.55. The average molecular weight is 223 g/mol. The Bertz CT molecular complexity index is 236. The molecule has 0 radical (unpaired) electrons. The van der Waals surface area contributed by atoms with Crippen LogP contribution in [0.1, 0.15) is 58.3 Å². The van der Waals surface area contributed by atoms with Crippen LogP contribution in [-0.4, -0.2) is 18.0 Å². The molecule has 3 N–H and O–H groups in total. The van der Waals surface area contributed by atoms with Crippen LogP contribution in [0.25, 0.3) is 0 Å². The van der Waals surface area contributed by atoms with Crippen molar-refractivity contribution in [2.45, 2.75) is 70.4 Å². The summed E-state index contributed by atoms with van der Waals surface area (Å²) in [4.78, 5) is 4.62. The van der Waals surface area contributed by atoms with E-state index >= 15 is 0 Å². The molecule has 2 saturated carbocycles. The first-order valence-electron chi connectivity index (χ1n) is 6.84. The first-order chi connectivity index (χ1) is 7.74. The lowest BCUT2D eigenvalue weighted by molar-refractivity contribution is 0.348. The number of rotatable bonds is 2. The van der Waals surface area contributed by atoms with Gasteiger partial charge in [-0.1, -0.05) is 19.8 Å². The Hall–Kier alpha value is -0.730. The summed E-state index contributed by atoms with van der Waals surface area (Å²) in [7, 11) is 0. The third-order valence-electron chi connectivity index (χ3n) is 4.01. The maximum atomic E-state index is 5.96. The highest BCUT2D eigenvalue weighted by molar-refractivity contribution is 5.78. The minimum absolute atomic E-state index is 0.477. The van der Waals surface area contributed by atoms with Crippen LogP contribution in [0.4, 0.5) is 0 Å². The van der Waals surface area contributed by atoms with Crippen molar-refractivity contribution in [2.24, 2.45) is 16.6 Å². The van der Waals surface area contributed by atoms with E-state index in [-0.39, 0.29) is 0 Å². The van der Waals surface area contributed by atoms with E-state index in [0.717, 1.165) is 5.92 Å². The van der Waals surface area contributed by atoms with Crippen LogP contribution in [0, 0.1) is 5.92 Å². The van der Waals surface area contributed by atoms with Crippen LogP contribution in [0.2, 0.25) is 0 Å². The van der Waals surface area contributed by atoms with Crippen molar-refractivity contribution >= 4 is 5.96 Å². The summed E-state index contributed by atoms with van der Waals surface area (Å²) in [5, 5.41) is 3.37. The lowest BCUT2D eigenvalue weighted by Crippen LogP contribution is -2.39. The largest absolute Gasteiger partial charge is 0.370 e. The number of aliphatic imine (C=N–C) groups is 1. The predicted molar refractivity (Wildman–Crippen MR) is 68.4 cm³/mol. The zero-order chi connectivity index (χ0) is 11.4. The Kier molecular flexibility index (Phi) is 4.08. The van der Waals surface area contributed by atoms with Gasteiger partial charge in [0, 0.05) is 6.04 Å². The van der Waals surface area contributed by atoms with Crippen molar-refractivity contribution in [3.05, 3.63) is 0 Å². The third-order valence-corrected chi connectivity index (χ3v) is 4.01. The highest BCUT2D eigenvalue weighted by Gasteiger charge is 2.19. The maximum absolute atomic E-state index is 5.96. The van der Waals surface area contributed by atoms with E-state index in [4.69, 9.17) is 5.73 Å². The van der Waals surface area contributed by atoms with Gasteiger partial charge < -0.3 is 11.1 Å². The van der Waals surface area contributed by atoms with Crippen LogP contribution in [0.3, 0.4) is 0 Å². The Labute approximate surface area is 98.9 Å². The predicted octanol–water partition coefficient (Wildman–Crippen LogP) is 2.41. The van der Waals surface area contributed by atoms with Gasteiger partial charge in [-0.3, -0.25) is 4.99 Å². The summed E-state index contributed by atoms with van der Waals surface area (Å²) in [6, 6.07) is 1.07. The summed E-state index contributed by atoms with van der Waals surface area (Å²) in [5.74, 6) is 1.57. The lowest BCUT2D eigenvalue weighted by Gasteiger charge is -2.24. The molecule has 0 aromatic carbocycles. The van der Waals surface area contributed by atoms with Crippen molar-refractivity contribution in [3.63, 3.8) is 0 Å². The molecule has 0 aliphatic heterocycles. The van der Waals surface area contributed by atoms with Gasteiger partial charge in [-0.2, -0.15) is 0 Å². The molecular formula is C13H25N3. The van der Waals surface area contributed by atoms with Gasteiger partial charge >= 0.3 is 0 Å². The highest BCUT2D eigenvalue weighted by Crippen LogP contribution is 2.25. The molecule has 0 heterocycles. The van der Waals surface area contributed by atoms with Gasteiger partial charge in [-0.25, -0.2) is 0 Å². The topological polar surface area (TPSA) is 50.4 Å². The Morgan fingerprint density at radius 3 is 2.31 bits per heavy atom. The SMILES string of the molecule is CC1CCC(N=C(N)NC2CCCC2)CC1. The summed E-state index contributed by atoms with van der Waals surface area (Å²) < 4.78 is 0. The molecule has 2 aliphatic rings. The maximum Gasteiger partial charge on any atom is 0.189 e. The van der Waals surface area contributed by atoms with Crippen molar-refractivity contribution < 1.29 is 0 Å². The van der Waals surface area contributed by atoms with Crippen LogP contribution in [0.15, 0.2) is 4.99 Å². The van der Waals surface area contributed by atoms with Crippen molar-refractivity contribution in [1.29, 1.82) is 0 Å². The average Bonchev–Trinajstić information content (AvgIpc) is 2.74. The van der Waals surface area contributed by atoms with Gasteiger partial charge in [0.25, 0.3) is 0 Å². The van der Waals surface area contributed by atoms with Crippen molar-refractivity contribution in [2.75, 3.05) is 0 Å². The summed E-state index contributed by atoms with van der Waals surface area (Å²) in [6.45, 7) is 2.33. The Morgan fingerprint density at radius 1 is 1.06 bits per heavy atom. The van der Waals surface area contributed by atoms with E-state index in [1.807, 2.05) is 0 Å². The van der Waals surface area contributed by atoms with E-state index in [1.165, 1.54) is 51.4 Å². The fraction of sp³-hybridized carbons (Fsp3) is 0.923. The first-order valence-corrected chi connectivity index (χ1v) is 6.84. The van der Waals surface area contributed by atoms with Gasteiger partial charge in [-0.05, 0) is 44.4 Å². The lowest BCUT2D eigenvalue weighted by atomic mass is 9.88. The number of guanidine groups is 1. The zero-order valence-corrected chi connectivity index (χ0v) is 10.4. The van der Waals surface area contributed by atoms with Crippen molar-refractivity contribution in [3.8, 4) is 0 Å². The Morgan fingerprint density at radius 2 is 1.69 bits per heavy atom. The van der Waals surface area contributed by atoms with E-state index in [2.05, 4.69) is 17.2 Å². The molecule has 0 unspecified atom stereocenters. The molecule has 2 rings (SSSR count). The number of hydrogen-bond acceptors (Lipinski definition) is 1. The molecule has 92 valence electrons. The molecule has 3 nitrogen and oxygen atoms in total. The molecule has 16 heavy (non-hydrogen) atoms. The van der Waals surface area contributed by atoms with Crippen LogP contribution < -0.4 is 11.1 Å². The fourth-order valence-electron chi connectivity index (χ4n) is 2.88. The third kappa shape index (κ3) is 3.39. The van der Waals surface area contributed by atoms with E-state index in [9.17, 15) is 0 Å². The van der Waals surface area contributed by atoms with Gasteiger partial charge in [0.1, 0.15) is 0 Å². The minimum Gasteiger partial charge on any atom is -0.370 e. The highest BCUT2D eigenvalue weighted by atomic mass is 15.1.